The fourth-order valence-electron chi connectivity index (χ4n) is 2.63. The molecule has 0 unspecified atom stereocenters. The van der Waals surface area contributed by atoms with Crippen LogP contribution < -0.4 is 11.1 Å². The van der Waals surface area contributed by atoms with Crippen LogP contribution in [-0.4, -0.2) is 10.9 Å². The Kier molecular flexibility index (Phi) is 2.93. The molecule has 0 spiro atoms. The van der Waals surface area contributed by atoms with Crippen LogP contribution in [0.5, 0.6) is 0 Å². The number of amides is 1. The average Bonchev–Trinajstić information content (AvgIpc) is 2.95. The molecule has 19 heavy (non-hydrogen) atoms. The minimum absolute atomic E-state index is 0.0945. The van der Waals surface area contributed by atoms with Gasteiger partial charge >= 0.3 is 0 Å². The molecule has 3 N–H and O–H groups in total. The van der Waals surface area contributed by atoms with Crippen molar-refractivity contribution in [3.05, 3.63) is 18.2 Å². The van der Waals surface area contributed by atoms with Crippen LogP contribution >= 0.6 is 11.3 Å². The third-order valence-electron chi connectivity index (χ3n) is 3.89. The second-order valence-corrected chi connectivity index (χ2v) is 6.50. The molecule has 4 nitrogen and oxygen atoms in total. The van der Waals surface area contributed by atoms with Crippen LogP contribution in [0.3, 0.4) is 0 Å². The molecule has 1 aliphatic rings. The molecule has 1 aromatic carbocycles. The zero-order valence-electron chi connectivity index (χ0n) is 10.9. The number of aromatic nitrogens is 1. The summed E-state index contributed by atoms with van der Waals surface area (Å²) in [5.41, 5.74) is 7.12. The maximum Gasteiger partial charge on any atom is 0.232 e. The van der Waals surface area contributed by atoms with Gasteiger partial charge in [-0.1, -0.05) is 31.1 Å². The third-order valence-corrected chi connectivity index (χ3v) is 4.82. The minimum atomic E-state index is -0.225. The molecular weight excluding hydrogens is 258 g/mol. The molecule has 100 valence electrons. The number of nitrogens with two attached hydrogens (primary N) is 1. The van der Waals surface area contributed by atoms with Crippen molar-refractivity contribution in [1.82, 2.24) is 4.98 Å². The number of nitrogens with one attached hydrogen (secondary N) is 1. The van der Waals surface area contributed by atoms with E-state index in [-0.39, 0.29) is 11.3 Å². The number of hydrogen-bond donors (Lipinski definition) is 2. The Morgan fingerprint density at radius 2 is 2.16 bits per heavy atom. The number of fused-ring (bicyclic) bond motifs is 1. The van der Waals surface area contributed by atoms with Crippen LogP contribution in [-0.2, 0) is 4.79 Å². The molecule has 1 aliphatic carbocycles. The molecule has 1 saturated carbocycles. The fraction of sp³-hybridized carbons (Fsp3) is 0.429. The molecular formula is C14H17N3OS. The van der Waals surface area contributed by atoms with Crippen LogP contribution in [0, 0.1) is 5.41 Å². The number of thiazole rings is 1. The SMILES string of the molecule is CC1(C(=O)Nc2nc3ccc(N)cc3s2)CCCC1. The van der Waals surface area contributed by atoms with Crippen LogP contribution in [0.2, 0.25) is 0 Å². The third kappa shape index (κ3) is 2.30. The van der Waals surface area contributed by atoms with Crippen molar-refractivity contribution in [3.63, 3.8) is 0 Å². The van der Waals surface area contributed by atoms with Gasteiger partial charge in [-0.15, -0.1) is 0 Å². The Labute approximate surface area is 116 Å². The lowest BCUT2D eigenvalue weighted by molar-refractivity contribution is -0.124. The van der Waals surface area contributed by atoms with Crippen molar-refractivity contribution in [2.75, 3.05) is 11.1 Å². The lowest BCUT2D eigenvalue weighted by Crippen LogP contribution is -2.30. The number of carbonyl (C=O) groups is 1. The van der Waals surface area contributed by atoms with Gasteiger partial charge in [0.05, 0.1) is 10.2 Å². The minimum Gasteiger partial charge on any atom is -0.399 e. The van der Waals surface area contributed by atoms with Gasteiger partial charge in [-0.25, -0.2) is 4.98 Å². The molecule has 0 atom stereocenters. The summed E-state index contributed by atoms with van der Waals surface area (Å²) in [6.45, 7) is 2.04. The first-order chi connectivity index (χ1) is 9.07. The summed E-state index contributed by atoms with van der Waals surface area (Å²) in [4.78, 5) is 16.7. The van der Waals surface area contributed by atoms with E-state index < -0.39 is 0 Å². The van der Waals surface area contributed by atoms with E-state index >= 15 is 0 Å². The molecule has 5 heteroatoms. The quantitative estimate of drug-likeness (QED) is 0.825. The maximum absolute atomic E-state index is 12.3. The standard InChI is InChI=1S/C14H17N3OS/c1-14(6-2-3-7-14)12(18)17-13-16-10-5-4-9(15)8-11(10)19-13/h4-5,8H,2-3,6-7,15H2,1H3,(H,16,17,18). The van der Waals surface area contributed by atoms with Gasteiger partial charge in [0.15, 0.2) is 5.13 Å². The highest BCUT2D eigenvalue weighted by Crippen LogP contribution is 2.39. The molecule has 1 heterocycles. The molecule has 0 saturated heterocycles. The molecule has 1 aromatic heterocycles. The predicted molar refractivity (Wildman–Crippen MR) is 79.2 cm³/mol. The summed E-state index contributed by atoms with van der Waals surface area (Å²) in [6, 6.07) is 5.60. The van der Waals surface area contributed by atoms with Gasteiger partial charge < -0.3 is 11.1 Å². The highest BCUT2D eigenvalue weighted by molar-refractivity contribution is 7.22. The molecule has 1 amide bonds. The highest BCUT2D eigenvalue weighted by Gasteiger charge is 2.36. The smallest absolute Gasteiger partial charge is 0.232 e. The van der Waals surface area contributed by atoms with E-state index in [0.29, 0.717) is 5.13 Å². The molecule has 0 bridgehead atoms. The molecule has 1 fully saturated rings. The lowest BCUT2D eigenvalue weighted by atomic mass is 9.88. The second-order valence-electron chi connectivity index (χ2n) is 5.47. The van der Waals surface area contributed by atoms with Crippen LogP contribution in [0.4, 0.5) is 10.8 Å². The normalized spacial score (nSPS) is 17.7. The summed E-state index contributed by atoms with van der Waals surface area (Å²) in [5.74, 6) is 0.0945. The first kappa shape index (κ1) is 12.4. The van der Waals surface area contributed by atoms with Crippen LogP contribution in [0.1, 0.15) is 32.6 Å². The van der Waals surface area contributed by atoms with Gasteiger partial charge in [-0.3, -0.25) is 4.79 Å². The second kappa shape index (κ2) is 4.49. The summed E-state index contributed by atoms with van der Waals surface area (Å²) < 4.78 is 1.01. The number of hydrogen-bond acceptors (Lipinski definition) is 4. The molecule has 3 rings (SSSR count). The van der Waals surface area contributed by atoms with Gasteiger partial charge in [0.2, 0.25) is 5.91 Å². The Balaban J connectivity index is 1.83. The Hall–Kier alpha value is -1.62. The van der Waals surface area contributed by atoms with E-state index in [2.05, 4.69) is 10.3 Å². The average molecular weight is 275 g/mol. The number of nitrogens with zero attached hydrogens (tertiary/aromatic N) is 1. The van der Waals surface area contributed by atoms with Gasteiger partial charge in [0.25, 0.3) is 0 Å². The van der Waals surface area contributed by atoms with Gasteiger partial charge in [0.1, 0.15) is 0 Å². The van der Waals surface area contributed by atoms with Crippen molar-refractivity contribution >= 4 is 38.3 Å². The summed E-state index contributed by atoms with van der Waals surface area (Å²) in [5, 5.41) is 3.63. The van der Waals surface area contributed by atoms with Crippen molar-refractivity contribution in [1.29, 1.82) is 0 Å². The predicted octanol–water partition coefficient (Wildman–Crippen LogP) is 3.40. The summed E-state index contributed by atoms with van der Waals surface area (Å²) in [6.07, 6.45) is 4.22. The topological polar surface area (TPSA) is 68.0 Å². The monoisotopic (exact) mass is 275 g/mol. The van der Waals surface area contributed by atoms with E-state index in [0.717, 1.165) is 41.6 Å². The van der Waals surface area contributed by atoms with Gasteiger partial charge in [-0.05, 0) is 31.0 Å². The fourth-order valence-corrected chi connectivity index (χ4v) is 3.53. The Morgan fingerprint density at radius 1 is 1.42 bits per heavy atom. The highest BCUT2D eigenvalue weighted by atomic mass is 32.1. The number of carbonyl (C=O) groups excluding carboxylic acids is 1. The molecule has 0 radical (unpaired) electrons. The lowest BCUT2D eigenvalue weighted by Gasteiger charge is -2.21. The number of nitrogen functional groups attached to an aromatic ring is 1. The number of benzene rings is 1. The maximum atomic E-state index is 12.3. The van der Waals surface area contributed by atoms with Gasteiger partial charge in [0, 0.05) is 11.1 Å². The zero-order chi connectivity index (χ0) is 13.5. The van der Waals surface area contributed by atoms with Crippen LogP contribution in [0.25, 0.3) is 10.2 Å². The Bertz CT molecular complexity index is 629. The first-order valence-corrected chi connectivity index (χ1v) is 7.36. The summed E-state index contributed by atoms with van der Waals surface area (Å²) in [7, 11) is 0. The van der Waals surface area contributed by atoms with E-state index in [4.69, 9.17) is 5.73 Å². The van der Waals surface area contributed by atoms with E-state index in [1.54, 1.807) is 0 Å². The van der Waals surface area contributed by atoms with Crippen molar-refractivity contribution in [2.45, 2.75) is 32.6 Å². The van der Waals surface area contributed by atoms with E-state index in [1.807, 2.05) is 25.1 Å². The van der Waals surface area contributed by atoms with E-state index in [1.165, 1.54) is 11.3 Å². The van der Waals surface area contributed by atoms with Crippen LogP contribution in [0.15, 0.2) is 18.2 Å². The number of rotatable bonds is 2. The largest absolute Gasteiger partial charge is 0.399 e. The Morgan fingerprint density at radius 3 is 2.89 bits per heavy atom. The van der Waals surface area contributed by atoms with Crippen molar-refractivity contribution < 1.29 is 4.79 Å². The summed E-state index contributed by atoms with van der Waals surface area (Å²) >= 11 is 1.47. The number of anilines is 2. The van der Waals surface area contributed by atoms with E-state index in [9.17, 15) is 4.79 Å². The van der Waals surface area contributed by atoms with Crippen molar-refractivity contribution in [2.24, 2.45) is 5.41 Å². The van der Waals surface area contributed by atoms with Crippen molar-refractivity contribution in [3.8, 4) is 0 Å². The van der Waals surface area contributed by atoms with Gasteiger partial charge in [-0.2, -0.15) is 0 Å². The first-order valence-electron chi connectivity index (χ1n) is 6.54. The molecule has 2 aromatic rings. The molecule has 0 aliphatic heterocycles. The zero-order valence-corrected chi connectivity index (χ0v) is 11.7.